The number of nitrogens with two attached hydrogens (primary N) is 1. The first-order valence-electron chi connectivity index (χ1n) is 8.94. The van der Waals surface area contributed by atoms with E-state index in [2.05, 4.69) is 10.2 Å². The molecule has 28 heavy (non-hydrogen) atoms. The van der Waals surface area contributed by atoms with Gasteiger partial charge in [0.15, 0.2) is 0 Å². The fourth-order valence-corrected chi connectivity index (χ4v) is 3.51. The van der Waals surface area contributed by atoms with Gasteiger partial charge < -0.3 is 9.47 Å². The van der Waals surface area contributed by atoms with Gasteiger partial charge in [-0.2, -0.15) is 5.10 Å². The third kappa shape index (κ3) is 3.89. The summed E-state index contributed by atoms with van der Waals surface area (Å²) < 4.78 is 11.6. The summed E-state index contributed by atoms with van der Waals surface area (Å²) in [5.74, 6) is 0.775. The number of aromatic amines is 1. The van der Waals surface area contributed by atoms with Crippen LogP contribution >= 0.6 is 11.9 Å². The molecular weight excluding hydrogens is 370 g/mol. The van der Waals surface area contributed by atoms with Gasteiger partial charge in [0.05, 0.1) is 5.52 Å². The summed E-state index contributed by atoms with van der Waals surface area (Å²) in [5.41, 5.74) is 3.94. The summed E-state index contributed by atoms with van der Waals surface area (Å²) in [6.45, 7) is 0.429. The number of H-pyrrole nitrogens is 1. The Morgan fingerprint density at radius 2 is 1.89 bits per heavy atom. The van der Waals surface area contributed by atoms with Crippen molar-refractivity contribution in [1.29, 1.82) is 0 Å². The maximum absolute atomic E-state index is 6.04. The van der Waals surface area contributed by atoms with Crippen LogP contribution in [0, 0.1) is 0 Å². The van der Waals surface area contributed by atoms with Gasteiger partial charge in [0, 0.05) is 23.0 Å². The summed E-state index contributed by atoms with van der Waals surface area (Å²) in [6, 6.07) is 24.0. The molecule has 0 saturated heterocycles. The number of rotatable bonds is 7. The van der Waals surface area contributed by atoms with Crippen molar-refractivity contribution in [2.75, 3.05) is 13.7 Å². The predicted molar refractivity (Wildman–Crippen MR) is 113 cm³/mol. The number of hydrogen-bond donors (Lipinski definition) is 2. The topological polar surface area (TPSA) is 73.2 Å². The van der Waals surface area contributed by atoms with Crippen molar-refractivity contribution in [3.05, 3.63) is 78.4 Å². The number of methoxy groups -OCH3 is 1. The van der Waals surface area contributed by atoms with Crippen LogP contribution in [-0.2, 0) is 4.74 Å². The minimum absolute atomic E-state index is 0.126. The molecule has 3 aromatic carbocycles. The SMILES string of the molecule is COC(COc1ccc2[nH]nc(-c3cccc(SN)c3)c2c1)c1ccccc1. The molecule has 0 bridgehead atoms. The van der Waals surface area contributed by atoms with E-state index in [1.807, 2.05) is 72.8 Å². The minimum atomic E-state index is -0.126. The van der Waals surface area contributed by atoms with E-state index in [1.54, 1.807) is 7.11 Å². The van der Waals surface area contributed by atoms with Gasteiger partial charge in [-0.1, -0.05) is 42.5 Å². The summed E-state index contributed by atoms with van der Waals surface area (Å²) in [5, 5.41) is 14.3. The summed E-state index contributed by atoms with van der Waals surface area (Å²) in [4.78, 5) is 0.992. The van der Waals surface area contributed by atoms with Crippen molar-refractivity contribution in [1.82, 2.24) is 10.2 Å². The lowest BCUT2D eigenvalue weighted by Crippen LogP contribution is -2.12. The highest BCUT2D eigenvalue weighted by atomic mass is 32.2. The largest absolute Gasteiger partial charge is 0.490 e. The lowest BCUT2D eigenvalue weighted by atomic mass is 10.1. The van der Waals surface area contributed by atoms with Gasteiger partial charge in [0.2, 0.25) is 0 Å². The quantitative estimate of drug-likeness (QED) is 0.436. The van der Waals surface area contributed by atoms with Crippen LogP contribution in [0.15, 0.2) is 77.7 Å². The number of nitrogens with one attached hydrogen (secondary N) is 1. The molecule has 4 aromatic rings. The highest BCUT2D eigenvalue weighted by Crippen LogP contribution is 2.31. The second kappa shape index (κ2) is 8.48. The molecule has 1 atom stereocenters. The highest BCUT2D eigenvalue weighted by molar-refractivity contribution is 7.97. The Balaban J connectivity index is 1.59. The highest BCUT2D eigenvalue weighted by Gasteiger charge is 2.13. The molecule has 0 amide bonds. The van der Waals surface area contributed by atoms with Crippen LogP contribution in [0.3, 0.4) is 0 Å². The van der Waals surface area contributed by atoms with Gasteiger partial charge in [0.1, 0.15) is 24.2 Å². The molecule has 1 aromatic heterocycles. The van der Waals surface area contributed by atoms with Crippen LogP contribution in [0.1, 0.15) is 11.7 Å². The molecule has 0 fully saturated rings. The van der Waals surface area contributed by atoms with E-state index in [1.165, 1.54) is 11.9 Å². The Hall–Kier alpha value is -2.80. The molecule has 142 valence electrons. The Kier molecular flexibility index (Phi) is 5.62. The smallest absolute Gasteiger partial charge is 0.120 e. The lowest BCUT2D eigenvalue weighted by molar-refractivity contribution is 0.0576. The van der Waals surface area contributed by atoms with Crippen LogP contribution in [-0.4, -0.2) is 23.9 Å². The van der Waals surface area contributed by atoms with E-state index in [9.17, 15) is 0 Å². The minimum Gasteiger partial charge on any atom is -0.490 e. The number of aromatic nitrogens is 2. The molecule has 6 heteroatoms. The third-order valence-electron chi connectivity index (χ3n) is 4.64. The Bertz CT molecular complexity index is 1070. The van der Waals surface area contributed by atoms with Crippen LogP contribution in [0.25, 0.3) is 22.2 Å². The molecule has 0 spiro atoms. The van der Waals surface area contributed by atoms with E-state index in [0.717, 1.165) is 38.4 Å². The molecule has 0 aliphatic heterocycles. The Morgan fingerprint density at radius 1 is 1.04 bits per heavy atom. The predicted octanol–water partition coefficient (Wildman–Crippen LogP) is 4.96. The average molecular weight is 391 g/mol. The monoisotopic (exact) mass is 391 g/mol. The first-order valence-corrected chi connectivity index (χ1v) is 9.82. The van der Waals surface area contributed by atoms with Crippen LogP contribution in [0.5, 0.6) is 5.75 Å². The molecular formula is C22H21N3O2S. The normalized spacial score (nSPS) is 12.2. The molecule has 0 aliphatic rings. The molecule has 0 radical (unpaired) electrons. The van der Waals surface area contributed by atoms with Crippen LogP contribution < -0.4 is 9.88 Å². The zero-order chi connectivity index (χ0) is 19.3. The van der Waals surface area contributed by atoms with Crippen molar-refractivity contribution in [2.45, 2.75) is 11.0 Å². The molecule has 1 unspecified atom stereocenters. The zero-order valence-corrected chi connectivity index (χ0v) is 16.3. The summed E-state index contributed by atoms with van der Waals surface area (Å²) in [7, 11) is 1.70. The maximum Gasteiger partial charge on any atom is 0.120 e. The molecule has 4 rings (SSSR count). The van der Waals surface area contributed by atoms with E-state index in [0.29, 0.717) is 6.61 Å². The van der Waals surface area contributed by atoms with E-state index < -0.39 is 0 Å². The molecule has 1 heterocycles. The van der Waals surface area contributed by atoms with Crippen molar-refractivity contribution in [3.63, 3.8) is 0 Å². The van der Waals surface area contributed by atoms with Crippen LogP contribution in [0.2, 0.25) is 0 Å². The Labute approximate surface area is 168 Å². The second-order valence-corrected chi connectivity index (χ2v) is 7.08. The van der Waals surface area contributed by atoms with Gasteiger partial charge in [-0.25, -0.2) is 0 Å². The van der Waals surface area contributed by atoms with Gasteiger partial charge in [-0.3, -0.25) is 10.2 Å². The first-order chi connectivity index (χ1) is 13.8. The van der Waals surface area contributed by atoms with Crippen molar-refractivity contribution in [2.24, 2.45) is 5.14 Å². The van der Waals surface area contributed by atoms with E-state index in [-0.39, 0.29) is 6.10 Å². The lowest BCUT2D eigenvalue weighted by Gasteiger charge is -2.16. The van der Waals surface area contributed by atoms with Gasteiger partial charge in [-0.15, -0.1) is 0 Å². The first kappa shape index (κ1) is 18.6. The molecule has 0 saturated carbocycles. The van der Waals surface area contributed by atoms with Crippen molar-refractivity contribution >= 4 is 22.9 Å². The average Bonchev–Trinajstić information content (AvgIpc) is 3.18. The standard InChI is InChI=1S/C22H21N3O2S/c1-26-21(15-6-3-2-4-7-15)14-27-17-10-11-20-19(13-17)22(25-24-20)16-8-5-9-18(12-16)28-23/h2-13,21H,14,23H2,1H3,(H,24,25). The van der Waals surface area contributed by atoms with Gasteiger partial charge in [-0.05, 0) is 47.8 Å². The molecule has 3 N–H and O–H groups in total. The molecule has 0 aliphatic carbocycles. The zero-order valence-electron chi connectivity index (χ0n) is 15.5. The van der Waals surface area contributed by atoms with Gasteiger partial charge in [0.25, 0.3) is 0 Å². The van der Waals surface area contributed by atoms with Gasteiger partial charge >= 0.3 is 0 Å². The number of benzene rings is 3. The second-order valence-electron chi connectivity index (χ2n) is 6.37. The number of hydrogen-bond acceptors (Lipinski definition) is 5. The number of ether oxygens (including phenoxy) is 2. The Morgan fingerprint density at radius 3 is 2.68 bits per heavy atom. The third-order valence-corrected chi connectivity index (χ3v) is 5.16. The van der Waals surface area contributed by atoms with Crippen molar-refractivity contribution < 1.29 is 9.47 Å². The van der Waals surface area contributed by atoms with E-state index >= 15 is 0 Å². The maximum atomic E-state index is 6.04. The molecule has 5 nitrogen and oxygen atoms in total. The number of fused-ring (bicyclic) bond motifs is 1. The fourth-order valence-electron chi connectivity index (χ4n) is 3.16. The van der Waals surface area contributed by atoms with E-state index in [4.69, 9.17) is 14.6 Å². The summed E-state index contributed by atoms with van der Waals surface area (Å²) in [6.07, 6.45) is -0.126. The fraction of sp³-hybridized carbons (Fsp3) is 0.136. The summed E-state index contributed by atoms with van der Waals surface area (Å²) >= 11 is 1.22. The van der Waals surface area contributed by atoms with Crippen LogP contribution in [0.4, 0.5) is 0 Å². The number of nitrogens with zero attached hydrogens (tertiary/aromatic N) is 1. The van der Waals surface area contributed by atoms with Crippen molar-refractivity contribution in [3.8, 4) is 17.0 Å².